The molecule has 8 nitrogen and oxygen atoms in total. The van der Waals surface area contributed by atoms with Gasteiger partial charge < -0.3 is 9.72 Å². The molecule has 0 saturated carbocycles. The lowest BCUT2D eigenvalue weighted by atomic mass is 10.0. The number of Topliss-reactive ketones (excluding diaryl/α,β-unsaturated/α-hetero) is 1. The summed E-state index contributed by atoms with van der Waals surface area (Å²) in [6, 6.07) is 7.51. The Morgan fingerprint density at radius 1 is 1.35 bits per heavy atom. The molecular weight excluding hydrogens is 298 g/mol. The summed E-state index contributed by atoms with van der Waals surface area (Å²) in [6.45, 7) is 3.24. The van der Waals surface area contributed by atoms with Crippen molar-refractivity contribution in [2.24, 2.45) is 0 Å². The number of aryl methyl sites for hydroxylation is 1. The van der Waals surface area contributed by atoms with Gasteiger partial charge >= 0.3 is 5.97 Å². The van der Waals surface area contributed by atoms with Gasteiger partial charge in [0.05, 0.1) is 0 Å². The highest BCUT2D eigenvalue weighted by atomic mass is 16.5. The molecule has 0 unspecified atom stereocenters. The highest BCUT2D eigenvalue weighted by Gasteiger charge is 2.24. The molecule has 0 radical (unpaired) electrons. The Bertz CT molecular complexity index is 853. The van der Waals surface area contributed by atoms with Crippen LogP contribution in [-0.4, -0.2) is 43.0 Å². The van der Waals surface area contributed by atoms with Crippen LogP contribution in [0.1, 0.15) is 23.0 Å². The van der Waals surface area contributed by atoms with Gasteiger partial charge in [-0.2, -0.15) is 0 Å². The molecule has 1 N–H and O–H groups in total. The maximum atomic E-state index is 12.6. The van der Waals surface area contributed by atoms with Gasteiger partial charge in [0.15, 0.2) is 6.10 Å². The summed E-state index contributed by atoms with van der Waals surface area (Å²) in [5, 5.41) is 11.3. The van der Waals surface area contributed by atoms with E-state index in [0.717, 1.165) is 16.6 Å². The number of ether oxygens (including phenoxy) is 1. The Kier molecular flexibility index (Phi) is 3.88. The second-order valence-corrected chi connectivity index (χ2v) is 5.17. The topological polar surface area (TPSA) is 103 Å². The van der Waals surface area contributed by atoms with Crippen LogP contribution in [0, 0.1) is 6.92 Å². The van der Waals surface area contributed by atoms with E-state index >= 15 is 0 Å². The number of carbonyl (C=O) groups is 2. The maximum Gasteiger partial charge on any atom is 0.328 e. The molecule has 23 heavy (non-hydrogen) atoms. The molecule has 8 heteroatoms. The highest BCUT2D eigenvalue weighted by Crippen LogP contribution is 2.23. The summed E-state index contributed by atoms with van der Waals surface area (Å²) in [5.74, 6) is -0.819. The Balaban J connectivity index is 1.76. The van der Waals surface area contributed by atoms with Crippen LogP contribution in [0.4, 0.5) is 0 Å². The van der Waals surface area contributed by atoms with Crippen molar-refractivity contribution in [1.82, 2.24) is 25.2 Å². The Morgan fingerprint density at radius 2 is 2.13 bits per heavy atom. The van der Waals surface area contributed by atoms with Crippen LogP contribution in [0.2, 0.25) is 0 Å². The molecule has 1 atom stereocenters. The number of H-pyrrole nitrogens is 1. The zero-order valence-electron chi connectivity index (χ0n) is 12.7. The molecule has 3 rings (SSSR count). The third-order valence-corrected chi connectivity index (χ3v) is 3.50. The van der Waals surface area contributed by atoms with E-state index in [9.17, 15) is 9.59 Å². The Labute approximate surface area is 131 Å². The smallest absolute Gasteiger partial charge is 0.328 e. The van der Waals surface area contributed by atoms with Crippen molar-refractivity contribution < 1.29 is 14.3 Å². The molecular formula is C15H15N5O3. The molecule has 1 aromatic carbocycles. The van der Waals surface area contributed by atoms with Gasteiger partial charge in [-0.25, -0.2) is 4.68 Å². The van der Waals surface area contributed by atoms with Gasteiger partial charge in [-0.3, -0.25) is 9.59 Å². The number of hydrogen-bond acceptors (Lipinski definition) is 6. The minimum absolute atomic E-state index is 0.141. The molecule has 118 valence electrons. The van der Waals surface area contributed by atoms with Crippen LogP contribution in [0.25, 0.3) is 10.9 Å². The van der Waals surface area contributed by atoms with Gasteiger partial charge in [-0.05, 0) is 30.3 Å². The van der Waals surface area contributed by atoms with E-state index in [-0.39, 0.29) is 12.3 Å². The number of aromatic nitrogens is 5. The average Bonchev–Trinajstić information content (AvgIpc) is 3.12. The quantitative estimate of drug-likeness (QED) is 0.562. The van der Waals surface area contributed by atoms with Crippen molar-refractivity contribution in [3.05, 3.63) is 41.9 Å². The van der Waals surface area contributed by atoms with Crippen LogP contribution in [0.15, 0.2) is 30.6 Å². The van der Waals surface area contributed by atoms with Gasteiger partial charge in [0.25, 0.3) is 0 Å². The highest BCUT2D eigenvalue weighted by molar-refractivity contribution is 6.11. The molecule has 2 aromatic heterocycles. The maximum absolute atomic E-state index is 12.6. The number of hydrogen-bond donors (Lipinski definition) is 1. The fourth-order valence-corrected chi connectivity index (χ4v) is 2.47. The van der Waals surface area contributed by atoms with Crippen molar-refractivity contribution >= 4 is 22.7 Å². The van der Waals surface area contributed by atoms with Crippen molar-refractivity contribution in [2.75, 3.05) is 0 Å². The van der Waals surface area contributed by atoms with E-state index in [2.05, 4.69) is 20.5 Å². The number of fused-ring (bicyclic) bond motifs is 1. The van der Waals surface area contributed by atoms with Crippen LogP contribution in [0.3, 0.4) is 0 Å². The normalized spacial score (nSPS) is 12.3. The molecule has 0 aliphatic carbocycles. The fraction of sp³-hybridized carbons (Fsp3) is 0.267. The number of nitrogens with zero attached hydrogens (tertiary/aromatic N) is 4. The fourth-order valence-electron chi connectivity index (χ4n) is 2.47. The van der Waals surface area contributed by atoms with Gasteiger partial charge in [-0.15, -0.1) is 5.10 Å². The molecule has 0 aliphatic heterocycles. The molecule has 0 aliphatic rings. The number of ketones is 1. The number of nitrogens with one attached hydrogen (secondary N) is 1. The first-order valence-electron chi connectivity index (χ1n) is 7.08. The number of benzene rings is 1. The lowest BCUT2D eigenvalue weighted by Crippen LogP contribution is -2.27. The van der Waals surface area contributed by atoms with Crippen LogP contribution in [0.5, 0.6) is 0 Å². The second kappa shape index (κ2) is 5.99. The van der Waals surface area contributed by atoms with Gasteiger partial charge in [0.2, 0.25) is 5.78 Å². The van der Waals surface area contributed by atoms with Crippen LogP contribution in [-0.2, 0) is 16.1 Å². The van der Waals surface area contributed by atoms with Crippen molar-refractivity contribution in [1.29, 1.82) is 0 Å². The monoisotopic (exact) mass is 313 g/mol. The number of carbonyl (C=O) groups excluding carboxylic acids is 2. The summed E-state index contributed by atoms with van der Waals surface area (Å²) in [6.07, 6.45) is 0.411. The zero-order chi connectivity index (χ0) is 16.4. The predicted octanol–water partition coefficient (Wildman–Crippen LogP) is 1.28. The average molecular weight is 313 g/mol. The predicted molar refractivity (Wildman–Crippen MR) is 80.7 cm³/mol. The lowest BCUT2D eigenvalue weighted by Gasteiger charge is -2.12. The number of rotatable bonds is 5. The SMILES string of the molecule is Cc1[nH]c2ccccc2c1C(=O)[C@H](C)OC(=O)Cn1cnnn1. The van der Waals surface area contributed by atoms with E-state index in [1.165, 1.54) is 11.0 Å². The van der Waals surface area contributed by atoms with Crippen molar-refractivity contribution in [3.63, 3.8) is 0 Å². The standard InChI is InChI=1S/C15H15N5O3/c1-9-14(11-5-3-4-6-12(11)17-9)15(22)10(2)23-13(21)7-20-8-16-18-19-20/h3-6,8,10,17H,7H2,1-2H3/t10-/m0/s1. The minimum atomic E-state index is -0.892. The van der Waals surface area contributed by atoms with E-state index in [0.29, 0.717) is 5.56 Å². The number of para-hydroxylation sites is 1. The lowest BCUT2D eigenvalue weighted by molar-refractivity contribution is -0.147. The zero-order valence-corrected chi connectivity index (χ0v) is 12.7. The molecule has 2 heterocycles. The third kappa shape index (κ3) is 2.96. The summed E-state index contributed by atoms with van der Waals surface area (Å²) in [4.78, 5) is 27.6. The van der Waals surface area contributed by atoms with Crippen molar-refractivity contribution in [2.45, 2.75) is 26.5 Å². The molecule has 0 amide bonds. The summed E-state index contributed by atoms with van der Waals surface area (Å²) < 4.78 is 6.43. The van der Waals surface area contributed by atoms with Gasteiger partial charge in [0, 0.05) is 22.2 Å². The van der Waals surface area contributed by atoms with Crippen LogP contribution < -0.4 is 0 Å². The van der Waals surface area contributed by atoms with E-state index in [1.54, 1.807) is 6.92 Å². The first kappa shape index (κ1) is 14.9. The first-order valence-corrected chi connectivity index (χ1v) is 7.08. The Hall–Kier alpha value is -3.03. The van der Waals surface area contributed by atoms with E-state index in [1.807, 2.05) is 31.2 Å². The Morgan fingerprint density at radius 3 is 2.87 bits per heavy atom. The molecule has 0 fully saturated rings. The summed E-state index contributed by atoms with van der Waals surface area (Å²) in [5.41, 5.74) is 2.17. The van der Waals surface area contributed by atoms with E-state index < -0.39 is 12.1 Å². The minimum Gasteiger partial charge on any atom is -0.453 e. The second-order valence-electron chi connectivity index (χ2n) is 5.17. The molecule has 0 bridgehead atoms. The van der Waals surface area contributed by atoms with Gasteiger partial charge in [-0.1, -0.05) is 18.2 Å². The summed E-state index contributed by atoms with van der Waals surface area (Å²) in [7, 11) is 0. The molecule has 0 spiro atoms. The number of esters is 1. The van der Waals surface area contributed by atoms with Crippen LogP contribution >= 0.6 is 0 Å². The van der Waals surface area contributed by atoms with E-state index in [4.69, 9.17) is 4.74 Å². The number of aromatic amines is 1. The molecule has 3 aromatic rings. The van der Waals surface area contributed by atoms with Crippen molar-refractivity contribution in [3.8, 4) is 0 Å². The van der Waals surface area contributed by atoms with Gasteiger partial charge in [0.1, 0.15) is 12.9 Å². The third-order valence-electron chi connectivity index (χ3n) is 3.50. The number of tetrazole rings is 1. The largest absolute Gasteiger partial charge is 0.453 e. The first-order chi connectivity index (χ1) is 11.1. The molecule has 0 saturated heterocycles. The summed E-state index contributed by atoms with van der Waals surface area (Å²) >= 11 is 0.